The molecule has 0 radical (unpaired) electrons. The second kappa shape index (κ2) is 9.79. The van der Waals surface area contributed by atoms with E-state index < -0.39 is 0 Å². The SMILES string of the molecule is COc1cccc(CN2CCC(NC(c3ccccc3)c3ccccc3N)CC2)c1. The van der Waals surface area contributed by atoms with Gasteiger partial charge in [0.1, 0.15) is 5.75 Å². The predicted octanol–water partition coefficient (Wildman–Crippen LogP) is 4.62. The van der Waals surface area contributed by atoms with E-state index in [1.807, 2.05) is 18.2 Å². The number of methoxy groups -OCH3 is 1. The van der Waals surface area contributed by atoms with Gasteiger partial charge in [-0.3, -0.25) is 4.90 Å². The van der Waals surface area contributed by atoms with E-state index in [1.165, 1.54) is 11.1 Å². The number of nitrogens with one attached hydrogen (secondary N) is 1. The van der Waals surface area contributed by atoms with E-state index in [2.05, 4.69) is 70.9 Å². The van der Waals surface area contributed by atoms with Crippen LogP contribution in [0.1, 0.15) is 35.6 Å². The first-order chi connectivity index (χ1) is 14.7. The average Bonchev–Trinajstić information content (AvgIpc) is 2.80. The Kier molecular flexibility index (Phi) is 6.67. The zero-order valence-electron chi connectivity index (χ0n) is 17.6. The molecule has 30 heavy (non-hydrogen) atoms. The van der Waals surface area contributed by atoms with Crippen LogP contribution in [-0.2, 0) is 6.54 Å². The van der Waals surface area contributed by atoms with E-state index in [-0.39, 0.29) is 6.04 Å². The zero-order chi connectivity index (χ0) is 20.8. The Hall–Kier alpha value is -2.82. The van der Waals surface area contributed by atoms with Gasteiger partial charge in [0.05, 0.1) is 13.2 Å². The lowest BCUT2D eigenvalue weighted by atomic mass is 9.94. The van der Waals surface area contributed by atoms with Crippen molar-refractivity contribution in [2.24, 2.45) is 0 Å². The molecular weight excluding hydrogens is 370 g/mol. The van der Waals surface area contributed by atoms with Gasteiger partial charge in [-0.25, -0.2) is 0 Å². The highest BCUT2D eigenvalue weighted by Crippen LogP contribution is 2.28. The third kappa shape index (κ3) is 5.02. The summed E-state index contributed by atoms with van der Waals surface area (Å²) in [6.07, 6.45) is 2.25. The van der Waals surface area contributed by atoms with Crippen LogP contribution in [0, 0.1) is 0 Å². The molecule has 0 amide bonds. The number of nitrogen functional groups attached to an aromatic ring is 1. The van der Waals surface area contributed by atoms with E-state index in [4.69, 9.17) is 10.5 Å². The summed E-state index contributed by atoms with van der Waals surface area (Å²) < 4.78 is 5.36. The lowest BCUT2D eigenvalue weighted by molar-refractivity contribution is 0.186. The number of para-hydroxylation sites is 1. The highest BCUT2D eigenvalue weighted by Gasteiger charge is 2.24. The van der Waals surface area contributed by atoms with Crippen molar-refractivity contribution < 1.29 is 4.74 Å². The van der Waals surface area contributed by atoms with Crippen molar-refractivity contribution in [1.29, 1.82) is 0 Å². The number of ether oxygens (including phenoxy) is 1. The van der Waals surface area contributed by atoms with Crippen molar-refractivity contribution in [2.45, 2.75) is 31.5 Å². The van der Waals surface area contributed by atoms with Gasteiger partial charge in [0.25, 0.3) is 0 Å². The van der Waals surface area contributed by atoms with E-state index in [0.717, 1.165) is 49.5 Å². The van der Waals surface area contributed by atoms with Gasteiger partial charge in [-0.2, -0.15) is 0 Å². The quantitative estimate of drug-likeness (QED) is 0.567. The van der Waals surface area contributed by atoms with Gasteiger partial charge < -0.3 is 15.8 Å². The summed E-state index contributed by atoms with van der Waals surface area (Å²) in [5.41, 5.74) is 10.9. The molecule has 0 aromatic heterocycles. The van der Waals surface area contributed by atoms with E-state index in [1.54, 1.807) is 7.11 Å². The fourth-order valence-electron chi connectivity index (χ4n) is 4.31. The second-order valence-corrected chi connectivity index (χ2v) is 8.04. The van der Waals surface area contributed by atoms with Gasteiger partial charge in [0.15, 0.2) is 0 Å². The van der Waals surface area contributed by atoms with Crippen LogP contribution in [0.15, 0.2) is 78.9 Å². The first-order valence-corrected chi connectivity index (χ1v) is 10.7. The van der Waals surface area contributed by atoms with Crippen molar-refractivity contribution in [3.8, 4) is 5.75 Å². The van der Waals surface area contributed by atoms with Crippen LogP contribution in [0.4, 0.5) is 5.69 Å². The van der Waals surface area contributed by atoms with Gasteiger partial charge in [0.2, 0.25) is 0 Å². The summed E-state index contributed by atoms with van der Waals surface area (Å²) in [5.74, 6) is 0.926. The van der Waals surface area contributed by atoms with Crippen LogP contribution >= 0.6 is 0 Å². The first-order valence-electron chi connectivity index (χ1n) is 10.7. The molecule has 0 spiro atoms. The molecule has 1 aliphatic heterocycles. The maximum atomic E-state index is 6.34. The Morgan fingerprint density at radius 3 is 2.43 bits per heavy atom. The van der Waals surface area contributed by atoms with Crippen LogP contribution in [0.5, 0.6) is 5.75 Å². The number of likely N-dealkylation sites (tertiary alicyclic amines) is 1. The molecule has 1 fully saturated rings. The fraction of sp³-hybridized carbons (Fsp3) is 0.308. The van der Waals surface area contributed by atoms with Crippen molar-refractivity contribution >= 4 is 5.69 Å². The van der Waals surface area contributed by atoms with Crippen LogP contribution in [-0.4, -0.2) is 31.1 Å². The Labute approximate surface area is 179 Å². The zero-order valence-corrected chi connectivity index (χ0v) is 17.6. The summed E-state index contributed by atoms with van der Waals surface area (Å²) >= 11 is 0. The molecule has 1 aliphatic rings. The van der Waals surface area contributed by atoms with E-state index in [9.17, 15) is 0 Å². The maximum Gasteiger partial charge on any atom is 0.119 e. The maximum absolute atomic E-state index is 6.34. The van der Waals surface area contributed by atoms with Crippen molar-refractivity contribution in [3.05, 3.63) is 95.6 Å². The highest BCUT2D eigenvalue weighted by atomic mass is 16.5. The number of nitrogens with zero attached hydrogens (tertiary/aromatic N) is 1. The second-order valence-electron chi connectivity index (χ2n) is 8.04. The van der Waals surface area contributed by atoms with Gasteiger partial charge >= 0.3 is 0 Å². The molecule has 1 unspecified atom stereocenters. The molecule has 0 aliphatic carbocycles. The molecule has 0 bridgehead atoms. The molecular formula is C26H31N3O. The van der Waals surface area contributed by atoms with Crippen LogP contribution in [0.2, 0.25) is 0 Å². The monoisotopic (exact) mass is 401 g/mol. The minimum Gasteiger partial charge on any atom is -0.497 e. The van der Waals surface area contributed by atoms with Crippen LogP contribution in [0.25, 0.3) is 0 Å². The normalized spacial score (nSPS) is 16.3. The molecule has 3 aromatic carbocycles. The van der Waals surface area contributed by atoms with Crippen molar-refractivity contribution in [2.75, 3.05) is 25.9 Å². The number of anilines is 1. The highest BCUT2D eigenvalue weighted by molar-refractivity contribution is 5.51. The molecule has 1 atom stereocenters. The molecule has 3 N–H and O–H groups in total. The minimum absolute atomic E-state index is 0.113. The number of piperidine rings is 1. The van der Waals surface area contributed by atoms with Gasteiger partial charge in [-0.1, -0.05) is 60.7 Å². The Morgan fingerprint density at radius 2 is 1.70 bits per heavy atom. The fourth-order valence-corrected chi connectivity index (χ4v) is 4.31. The number of hydrogen-bond acceptors (Lipinski definition) is 4. The Balaban J connectivity index is 1.41. The lowest BCUT2D eigenvalue weighted by Gasteiger charge is -2.35. The van der Waals surface area contributed by atoms with Crippen LogP contribution in [0.3, 0.4) is 0 Å². The van der Waals surface area contributed by atoms with Crippen LogP contribution < -0.4 is 15.8 Å². The molecule has 4 nitrogen and oxygen atoms in total. The molecule has 1 heterocycles. The van der Waals surface area contributed by atoms with Gasteiger partial charge in [0, 0.05) is 18.3 Å². The summed E-state index contributed by atoms with van der Waals surface area (Å²) in [5, 5.41) is 3.91. The van der Waals surface area contributed by atoms with Gasteiger partial charge in [-0.15, -0.1) is 0 Å². The standard InChI is InChI=1S/C26H31N3O/c1-30-23-11-7-8-20(18-23)19-29-16-14-22(15-17-29)28-26(21-9-3-2-4-10-21)24-12-5-6-13-25(24)27/h2-13,18,22,26,28H,14-17,19,27H2,1H3. The Morgan fingerprint density at radius 1 is 0.967 bits per heavy atom. The smallest absolute Gasteiger partial charge is 0.119 e. The molecule has 156 valence electrons. The van der Waals surface area contributed by atoms with Gasteiger partial charge in [-0.05, 0) is 60.8 Å². The van der Waals surface area contributed by atoms with E-state index in [0.29, 0.717) is 6.04 Å². The first kappa shape index (κ1) is 20.5. The lowest BCUT2D eigenvalue weighted by Crippen LogP contribution is -2.43. The summed E-state index contributed by atoms with van der Waals surface area (Å²) in [6.45, 7) is 3.14. The Bertz CT molecular complexity index is 936. The number of nitrogens with two attached hydrogens (primary N) is 1. The number of rotatable bonds is 7. The molecule has 4 heteroatoms. The average molecular weight is 402 g/mol. The minimum atomic E-state index is 0.113. The molecule has 3 aromatic rings. The summed E-state index contributed by atoms with van der Waals surface area (Å²) in [4.78, 5) is 2.53. The predicted molar refractivity (Wildman–Crippen MR) is 124 cm³/mol. The topological polar surface area (TPSA) is 50.5 Å². The third-order valence-electron chi connectivity index (χ3n) is 5.97. The van der Waals surface area contributed by atoms with E-state index >= 15 is 0 Å². The largest absolute Gasteiger partial charge is 0.497 e. The number of benzene rings is 3. The molecule has 1 saturated heterocycles. The summed E-state index contributed by atoms with van der Waals surface area (Å²) in [6, 6.07) is 27.8. The number of hydrogen-bond donors (Lipinski definition) is 2. The molecule has 0 saturated carbocycles. The summed E-state index contributed by atoms with van der Waals surface area (Å²) in [7, 11) is 1.72. The molecule has 4 rings (SSSR count). The van der Waals surface area contributed by atoms with Crippen molar-refractivity contribution in [1.82, 2.24) is 10.2 Å². The van der Waals surface area contributed by atoms with Crippen molar-refractivity contribution in [3.63, 3.8) is 0 Å². The third-order valence-corrected chi connectivity index (χ3v) is 5.97.